The third-order valence-electron chi connectivity index (χ3n) is 7.79. The van der Waals surface area contributed by atoms with Gasteiger partial charge in [-0.3, -0.25) is 13.7 Å². The van der Waals surface area contributed by atoms with E-state index < -0.39 is 28.0 Å². The van der Waals surface area contributed by atoms with Crippen molar-refractivity contribution in [3.05, 3.63) is 42.6 Å². The van der Waals surface area contributed by atoms with E-state index in [-0.39, 0.29) is 18.5 Å². The van der Waals surface area contributed by atoms with Gasteiger partial charge in [0.1, 0.15) is 29.6 Å². The van der Waals surface area contributed by atoms with Gasteiger partial charge in [-0.05, 0) is 44.7 Å². The predicted octanol–water partition coefficient (Wildman–Crippen LogP) is 4.28. The van der Waals surface area contributed by atoms with Gasteiger partial charge in [0.15, 0.2) is 5.65 Å². The number of nitrogens with zero attached hydrogens (tertiary/aromatic N) is 6. The Balaban J connectivity index is 1.47. The van der Waals surface area contributed by atoms with Crippen molar-refractivity contribution in [3.63, 3.8) is 0 Å². The summed E-state index contributed by atoms with van der Waals surface area (Å²) in [5, 5.41) is 6.12. The number of aromatic nitrogens is 5. The van der Waals surface area contributed by atoms with Crippen molar-refractivity contribution in [2.45, 2.75) is 45.0 Å². The van der Waals surface area contributed by atoms with Crippen LogP contribution in [0.15, 0.2) is 36.8 Å². The second kappa shape index (κ2) is 10.7. The normalized spacial score (nSPS) is 20.5. The van der Waals surface area contributed by atoms with Crippen molar-refractivity contribution in [1.82, 2.24) is 24.1 Å². The van der Waals surface area contributed by atoms with Crippen LogP contribution in [0, 0.1) is 12.8 Å². The summed E-state index contributed by atoms with van der Waals surface area (Å²) in [7, 11) is -0.282. The average molecular weight is 597 g/mol. The number of anilines is 4. The van der Waals surface area contributed by atoms with Crippen LogP contribution in [0.2, 0.25) is 0 Å². The van der Waals surface area contributed by atoms with Gasteiger partial charge >= 0.3 is 0 Å². The first-order valence-electron chi connectivity index (χ1n) is 13.8. The number of fused-ring (bicyclic) bond motifs is 1. The molecular formula is C28H33FN8O4S. The van der Waals surface area contributed by atoms with Crippen LogP contribution in [0.5, 0.6) is 0 Å². The Morgan fingerprint density at radius 2 is 1.98 bits per heavy atom. The van der Waals surface area contributed by atoms with Crippen LogP contribution in [0.1, 0.15) is 37.7 Å². The lowest BCUT2D eigenvalue weighted by atomic mass is 10.1. The lowest BCUT2D eigenvalue weighted by molar-refractivity contribution is -0.117. The number of amides is 1. The van der Waals surface area contributed by atoms with Gasteiger partial charge in [0.05, 0.1) is 47.5 Å². The molecule has 1 saturated heterocycles. The molecule has 1 aliphatic heterocycles. The fourth-order valence-corrected chi connectivity index (χ4v) is 5.78. The Kier molecular flexibility index (Phi) is 7.13. The number of aryl methyl sites for hydroxylation is 2. The van der Waals surface area contributed by atoms with Gasteiger partial charge in [-0.25, -0.2) is 27.8 Å². The lowest BCUT2D eigenvalue weighted by Crippen LogP contribution is -2.25. The standard InChI is InChI=1S/C28H33FN8O4S/c1-16-31-26-21(32-20-9-8-17(23-14-30-15-35(23)2)11-22(20)36(3)42(4,39)40)13-24(34-28(38)18-12-19(18)29)33-27(26)37(16)25-7-5-6-10-41-25/h8-9,11,13-15,18-19,25H,5-7,10,12H2,1-4H3,(H2,32,33,34,38)/t18?,19-,25?/m0/s1. The number of carbonyl (C=O) groups is 1. The minimum absolute atomic E-state index is 0.191. The molecule has 2 fully saturated rings. The first-order chi connectivity index (χ1) is 20.0. The number of imidazole rings is 2. The predicted molar refractivity (Wildman–Crippen MR) is 158 cm³/mol. The van der Waals surface area contributed by atoms with E-state index in [0.717, 1.165) is 36.8 Å². The molecule has 3 aromatic heterocycles. The molecule has 3 atom stereocenters. The number of pyridine rings is 1. The number of sulfonamides is 1. The smallest absolute Gasteiger partial charge is 0.232 e. The summed E-state index contributed by atoms with van der Waals surface area (Å²) in [5.41, 5.74) is 4.00. The van der Waals surface area contributed by atoms with Gasteiger partial charge in [0.25, 0.3) is 0 Å². The van der Waals surface area contributed by atoms with Crippen LogP contribution in [0.25, 0.3) is 22.4 Å². The Morgan fingerprint density at radius 1 is 1.19 bits per heavy atom. The van der Waals surface area contributed by atoms with E-state index in [1.54, 1.807) is 30.7 Å². The summed E-state index contributed by atoms with van der Waals surface area (Å²) in [6.45, 7) is 2.49. The largest absolute Gasteiger partial charge is 0.358 e. The van der Waals surface area contributed by atoms with Crippen LogP contribution in [0.4, 0.5) is 27.3 Å². The molecule has 2 N–H and O–H groups in total. The van der Waals surface area contributed by atoms with E-state index in [1.165, 1.54) is 11.4 Å². The molecule has 1 saturated carbocycles. The fourth-order valence-electron chi connectivity index (χ4n) is 5.27. The van der Waals surface area contributed by atoms with Crippen molar-refractivity contribution in [2.24, 2.45) is 13.0 Å². The number of hydrogen-bond donors (Lipinski definition) is 2. The molecule has 0 radical (unpaired) electrons. The zero-order valence-corrected chi connectivity index (χ0v) is 24.7. The van der Waals surface area contributed by atoms with Crippen molar-refractivity contribution in [2.75, 3.05) is 34.8 Å². The molecule has 1 aromatic carbocycles. The van der Waals surface area contributed by atoms with Crippen LogP contribution in [-0.4, -0.2) is 64.5 Å². The molecule has 0 bridgehead atoms. The third kappa shape index (κ3) is 5.31. The Bertz CT molecular complexity index is 1780. The molecule has 6 rings (SSSR count). The van der Waals surface area contributed by atoms with E-state index in [2.05, 4.69) is 15.6 Å². The van der Waals surface area contributed by atoms with Gasteiger partial charge in [-0.15, -0.1) is 0 Å². The van der Waals surface area contributed by atoms with Gasteiger partial charge in [0, 0.05) is 32.3 Å². The maximum atomic E-state index is 13.7. The minimum Gasteiger partial charge on any atom is -0.358 e. The first-order valence-corrected chi connectivity index (χ1v) is 15.6. The number of nitrogens with one attached hydrogen (secondary N) is 2. The number of halogens is 1. The first kappa shape index (κ1) is 28.1. The second-order valence-electron chi connectivity index (χ2n) is 10.9. The maximum absolute atomic E-state index is 13.7. The van der Waals surface area contributed by atoms with E-state index in [0.29, 0.717) is 40.7 Å². The maximum Gasteiger partial charge on any atom is 0.232 e. The Labute approximate surface area is 243 Å². The van der Waals surface area contributed by atoms with Gasteiger partial charge in [-0.1, -0.05) is 6.07 Å². The van der Waals surface area contributed by atoms with E-state index in [1.807, 2.05) is 29.2 Å². The van der Waals surface area contributed by atoms with Crippen molar-refractivity contribution >= 4 is 50.0 Å². The molecule has 0 spiro atoms. The highest BCUT2D eigenvalue weighted by atomic mass is 32.2. The summed E-state index contributed by atoms with van der Waals surface area (Å²) in [6, 6.07) is 7.06. The molecule has 4 heterocycles. The molecule has 222 valence electrons. The highest BCUT2D eigenvalue weighted by molar-refractivity contribution is 7.92. The summed E-state index contributed by atoms with van der Waals surface area (Å²) in [4.78, 5) is 26.4. The molecule has 1 aliphatic carbocycles. The van der Waals surface area contributed by atoms with Gasteiger partial charge in [0.2, 0.25) is 15.9 Å². The molecule has 1 amide bonds. The third-order valence-corrected chi connectivity index (χ3v) is 8.98. The SMILES string of the molecule is Cc1nc2c(Nc3ccc(-c4cncn4C)cc3N(C)S(C)(=O)=O)cc(NC(=O)C3C[C@@H]3F)nc2n1C1CCCCO1. The monoisotopic (exact) mass is 596 g/mol. The number of carbonyl (C=O) groups excluding carboxylic acids is 1. The zero-order chi connectivity index (χ0) is 29.8. The second-order valence-corrected chi connectivity index (χ2v) is 12.9. The van der Waals surface area contributed by atoms with E-state index in [9.17, 15) is 17.6 Å². The molecule has 14 heteroatoms. The van der Waals surface area contributed by atoms with Crippen molar-refractivity contribution in [3.8, 4) is 11.3 Å². The number of rotatable bonds is 8. The summed E-state index contributed by atoms with van der Waals surface area (Å²) in [6.07, 6.45) is 6.05. The minimum atomic E-state index is -3.63. The quantitative estimate of drug-likeness (QED) is 0.308. The highest BCUT2D eigenvalue weighted by Crippen LogP contribution is 2.39. The van der Waals surface area contributed by atoms with Crippen LogP contribution in [0.3, 0.4) is 0 Å². The molecule has 2 unspecified atom stereocenters. The van der Waals surface area contributed by atoms with Crippen LogP contribution in [-0.2, 0) is 26.6 Å². The molecule has 42 heavy (non-hydrogen) atoms. The van der Waals surface area contributed by atoms with Crippen molar-refractivity contribution in [1.29, 1.82) is 0 Å². The zero-order valence-electron chi connectivity index (χ0n) is 23.8. The average Bonchev–Trinajstić information content (AvgIpc) is 3.37. The van der Waals surface area contributed by atoms with Crippen LogP contribution >= 0.6 is 0 Å². The molecular weight excluding hydrogens is 563 g/mol. The van der Waals surface area contributed by atoms with E-state index >= 15 is 0 Å². The molecule has 12 nitrogen and oxygen atoms in total. The molecule has 4 aromatic rings. The number of benzene rings is 1. The molecule has 2 aliphatic rings. The number of hydrogen-bond acceptors (Lipinski definition) is 8. The summed E-state index contributed by atoms with van der Waals surface area (Å²) in [5.74, 6) is -0.214. The lowest BCUT2D eigenvalue weighted by Gasteiger charge is -2.25. The summed E-state index contributed by atoms with van der Waals surface area (Å²) >= 11 is 0. The van der Waals surface area contributed by atoms with Gasteiger partial charge in [-0.2, -0.15) is 0 Å². The van der Waals surface area contributed by atoms with Crippen molar-refractivity contribution < 1.29 is 22.3 Å². The fraction of sp³-hybridized carbons (Fsp3) is 0.429. The van der Waals surface area contributed by atoms with E-state index in [4.69, 9.17) is 14.7 Å². The number of alkyl halides is 1. The number of ether oxygens (including phenoxy) is 1. The Morgan fingerprint density at radius 3 is 2.62 bits per heavy atom. The topological polar surface area (TPSA) is 136 Å². The highest BCUT2D eigenvalue weighted by Gasteiger charge is 2.44. The van der Waals surface area contributed by atoms with Gasteiger partial charge < -0.3 is 19.9 Å². The Hall–Kier alpha value is -4.04. The van der Waals surface area contributed by atoms with Crippen LogP contribution < -0.4 is 14.9 Å². The summed E-state index contributed by atoms with van der Waals surface area (Å²) < 4.78 is 50.0.